The van der Waals surface area contributed by atoms with Gasteiger partial charge in [0.25, 0.3) is 0 Å². The third-order valence-corrected chi connectivity index (χ3v) is 4.66. The number of rotatable bonds is 7. The summed E-state index contributed by atoms with van der Waals surface area (Å²) in [6, 6.07) is 11.0. The lowest BCUT2D eigenvalue weighted by Gasteiger charge is -2.15. The predicted octanol–water partition coefficient (Wildman–Crippen LogP) is 3.56. The van der Waals surface area contributed by atoms with Crippen molar-refractivity contribution in [3.63, 3.8) is 0 Å². The van der Waals surface area contributed by atoms with Gasteiger partial charge in [0.2, 0.25) is 0 Å². The Morgan fingerprint density at radius 1 is 1.21 bits per heavy atom. The fourth-order valence-electron chi connectivity index (χ4n) is 2.87. The van der Waals surface area contributed by atoms with E-state index in [2.05, 4.69) is 15.6 Å². The molecular weight excluding hydrogens is 360 g/mol. The lowest BCUT2D eigenvalue weighted by atomic mass is 10.1. The van der Waals surface area contributed by atoms with Crippen LogP contribution in [0.5, 0.6) is 5.75 Å². The van der Waals surface area contributed by atoms with E-state index in [1.54, 1.807) is 19.1 Å². The van der Waals surface area contributed by atoms with E-state index >= 15 is 0 Å². The van der Waals surface area contributed by atoms with E-state index in [0.29, 0.717) is 23.9 Å². The molecule has 1 aliphatic carbocycles. The quantitative estimate of drug-likeness (QED) is 0.672. The van der Waals surface area contributed by atoms with Gasteiger partial charge in [0.05, 0.1) is 20.2 Å². The number of ether oxygens (including phenoxy) is 1. The molecule has 8 heteroatoms. The molecule has 1 N–H and O–H groups in total. The van der Waals surface area contributed by atoms with Gasteiger partial charge in [-0.05, 0) is 37.1 Å². The number of urea groups is 1. The maximum atomic E-state index is 12.3. The number of methoxy groups -OCH3 is 1. The SMILES string of the molecule is COc1ccc(-c2cc(CNC(=O)N(C)Cc3cc(C4CC4)on3)on2)cc1. The van der Waals surface area contributed by atoms with E-state index in [1.165, 1.54) is 0 Å². The number of hydrogen-bond donors (Lipinski definition) is 1. The van der Waals surface area contributed by atoms with Crippen LogP contribution in [0.15, 0.2) is 45.4 Å². The van der Waals surface area contributed by atoms with E-state index in [0.717, 1.165) is 35.6 Å². The number of nitrogens with one attached hydrogen (secondary N) is 1. The van der Waals surface area contributed by atoms with Gasteiger partial charge in [0.15, 0.2) is 5.76 Å². The molecule has 0 bridgehead atoms. The molecule has 1 saturated carbocycles. The molecule has 2 aromatic heterocycles. The largest absolute Gasteiger partial charge is 0.497 e. The van der Waals surface area contributed by atoms with Crippen molar-refractivity contribution in [1.82, 2.24) is 20.5 Å². The molecule has 0 unspecified atom stereocenters. The van der Waals surface area contributed by atoms with Crippen molar-refractivity contribution < 1.29 is 18.6 Å². The second-order valence-corrected chi connectivity index (χ2v) is 6.92. The number of carbonyl (C=O) groups excluding carboxylic acids is 1. The standard InChI is InChI=1S/C20H22N4O4/c1-24(12-15-9-19(28-22-15)14-3-4-14)20(25)21-11-17-10-18(23-27-17)13-5-7-16(26-2)8-6-13/h5-10,14H,3-4,11-12H2,1-2H3,(H,21,25). The number of benzene rings is 1. The van der Waals surface area contributed by atoms with Gasteiger partial charge in [-0.15, -0.1) is 0 Å². The molecule has 146 valence electrons. The first-order valence-electron chi connectivity index (χ1n) is 9.17. The highest BCUT2D eigenvalue weighted by Crippen LogP contribution is 2.40. The zero-order valence-corrected chi connectivity index (χ0v) is 15.8. The minimum Gasteiger partial charge on any atom is -0.497 e. The summed E-state index contributed by atoms with van der Waals surface area (Å²) in [5.41, 5.74) is 2.37. The Balaban J connectivity index is 1.29. The first-order valence-corrected chi connectivity index (χ1v) is 9.17. The summed E-state index contributed by atoms with van der Waals surface area (Å²) in [4.78, 5) is 13.9. The molecule has 1 aromatic carbocycles. The lowest BCUT2D eigenvalue weighted by molar-refractivity contribution is 0.203. The first-order chi connectivity index (χ1) is 13.6. The summed E-state index contributed by atoms with van der Waals surface area (Å²) >= 11 is 0. The maximum absolute atomic E-state index is 12.3. The second-order valence-electron chi connectivity index (χ2n) is 6.92. The Hall–Kier alpha value is -3.29. The minimum atomic E-state index is -0.224. The van der Waals surface area contributed by atoms with Gasteiger partial charge in [-0.3, -0.25) is 0 Å². The summed E-state index contributed by atoms with van der Waals surface area (Å²) < 4.78 is 15.8. The molecule has 2 amide bonds. The van der Waals surface area contributed by atoms with Gasteiger partial charge >= 0.3 is 6.03 Å². The lowest BCUT2D eigenvalue weighted by Crippen LogP contribution is -2.36. The molecule has 1 aliphatic rings. The molecular formula is C20H22N4O4. The van der Waals surface area contributed by atoms with E-state index in [1.807, 2.05) is 36.4 Å². The molecule has 0 radical (unpaired) electrons. The zero-order chi connectivity index (χ0) is 19.5. The van der Waals surface area contributed by atoms with Crippen LogP contribution in [0.3, 0.4) is 0 Å². The average Bonchev–Trinajstić information content (AvgIpc) is 3.28. The molecule has 2 heterocycles. The van der Waals surface area contributed by atoms with Gasteiger partial charge in [0, 0.05) is 30.7 Å². The van der Waals surface area contributed by atoms with Crippen molar-refractivity contribution >= 4 is 6.03 Å². The van der Waals surface area contributed by atoms with Crippen LogP contribution in [0.4, 0.5) is 4.79 Å². The fraction of sp³-hybridized carbons (Fsp3) is 0.350. The normalized spacial score (nSPS) is 13.4. The number of carbonyl (C=O) groups is 1. The molecule has 28 heavy (non-hydrogen) atoms. The van der Waals surface area contributed by atoms with E-state index in [-0.39, 0.29) is 12.6 Å². The van der Waals surface area contributed by atoms with Gasteiger partial charge in [-0.2, -0.15) is 0 Å². The summed E-state index contributed by atoms with van der Waals surface area (Å²) in [6.45, 7) is 0.633. The van der Waals surface area contributed by atoms with Crippen molar-refractivity contribution in [2.75, 3.05) is 14.2 Å². The van der Waals surface area contributed by atoms with Crippen molar-refractivity contribution in [3.8, 4) is 17.0 Å². The number of aromatic nitrogens is 2. The van der Waals surface area contributed by atoms with Crippen LogP contribution < -0.4 is 10.1 Å². The Labute approximate surface area is 162 Å². The Bertz CT molecular complexity index is 943. The summed E-state index contributed by atoms with van der Waals surface area (Å²) in [7, 11) is 3.33. The second kappa shape index (κ2) is 7.75. The van der Waals surface area contributed by atoms with Gasteiger partial charge in [0.1, 0.15) is 22.9 Å². The van der Waals surface area contributed by atoms with Crippen LogP contribution in [0.2, 0.25) is 0 Å². The first kappa shape index (κ1) is 18.1. The summed E-state index contributed by atoms with van der Waals surface area (Å²) in [6.07, 6.45) is 2.31. The van der Waals surface area contributed by atoms with Crippen LogP contribution in [-0.4, -0.2) is 35.4 Å². The highest BCUT2D eigenvalue weighted by Gasteiger charge is 2.28. The predicted molar refractivity (Wildman–Crippen MR) is 101 cm³/mol. The van der Waals surface area contributed by atoms with Crippen molar-refractivity contribution in [3.05, 3.63) is 53.6 Å². The smallest absolute Gasteiger partial charge is 0.317 e. The van der Waals surface area contributed by atoms with Crippen LogP contribution >= 0.6 is 0 Å². The fourth-order valence-corrected chi connectivity index (χ4v) is 2.87. The Morgan fingerprint density at radius 2 is 2.00 bits per heavy atom. The van der Waals surface area contributed by atoms with E-state index in [9.17, 15) is 4.79 Å². The summed E-state index contributed by atoms with van der Waals surface area (Å²) in [5, 5.41) is 10.9. The number of hydrogen-bond acceptors (Lipinski definition) is 6. The van der Waals surface area contributed by atoms with Crippen LogP contribution in [-0.2, 0) is 13.1 Å². The third-order valence-electron chi connectivity index (χ3n) is 4.66. The van der Waals surface area contributed by atoms with Crippen LogP contribution in [0.25, 0.3) is 11.3 Å². The van der Waals surface area contributed by atoms with Gasteiger partial charge in [-0.1, -0.05) is 10.3 Å². The molecule has 4 rings (SSSR count). The van der Waals surface area contributed by atoms with Crippen LogP contribution in [0, 0.1) is 0 Å². The molecule has 0 aliphatic heterocycles. The highest BCUT2D eigenvalue weighted by molar-refractivity contribution is 5.73. The topological polar surface area (TPSA) is 93.6 Å². The number of nitrogens with zero attached hydrogens (tertiary/aromatic N) is 3. The molecule has 1 fully saturated rings. The summed E-state index contributed by atoms with van der Waals surface area (Å²) in [5.74, 6) is 2.77. The monoisotopic (exact) mass is 382 g/mol. The molecule has 0 spiro atoms. The minimum absolute atomic E-state index is 0.224. The highest BCUT2D eigenvalue weighted by atomic mass is 16.5. The average molecular weight is 382 g/mol. The van der Waals surface area contributed by atoms with E-state index in [4.69, 9.17) is 13.8 Å². The van der Waals surface area contributed by atoms with Gasteiger partial charge < -0.3 is 24.0 Å². The zero-order valence-electron chi connectivity index (χ0n) is 15.8. The van der Waals surface area contributed by atoms with Crippen molar-refractivity contribution in [2.24, 2.45) is 0 Å². The Morgan fingerprint density at radius 3 is 2.71 bits per heavy atom. The van der Waals surface area contributed by atoms with Gasteiger partial charge in [-0.25, -0.2) is 4.79 Å². The van der Waals surface area contributed by atoms with E-state index < -0.39 is 0 Å². The van der Waals surface area contributed by atoms with Crippen molar-refractivity contribution in [1.29, 1.82) is 0 Å². The maximum Gasteiger partial charge on any atom is 0.317 e. The van der Waals surface area contributed by atoms with Crippen molar-refractivity contribution in [2.45, 2.75) is 31.8 Å². The number of amides is 2. The molecule has 8 nitrogen and oxygen atoms in total. The molecule has 0 atom stereocenters. The Kier molecular flexibility index (Phi) is 5.01. The van der Waals surface area contributed by atoms with Crippen LogP contribution in [0.1, 0.15) is 36.0 Å². The molecule has 0 saturated heterocycles. The molecule has 3 aromatic rings. The third kappa shape index (κ3) is 4.16.